The van der Waals surface area contributed by atoms with Crippen LogP contribution in [0.15, 0.2) is 12.2 Å². The van der Waals surface area contributed by atoms with Gasteiger partial charge in [0.25, 0.3) is 0 Å². The maximum Gasteiger partial charge on any atom is 0.246 e. The molecule has 1 fully saturated rings. The topological polar surface area (TPSA) is 75.9 Å². The Morgan fingerprint density at radius 3 is 2.71 bits per heavy atom. The SMILES string of the molecule is CO[C@]1(CCC(N)=O)CCCN(C(=O)/C=C/CN(C)C)C1. The molecule has 0 aromatic heterocycles. The van der Waals surface area contributed by atoms with Crippen LogP contribution in [0, 0.1) is 0 Å². The van der Waals surface area contributed by atoms with Gasteiger partial charge in [-0.2, -0.15) is 0 Å². The summed E-state index contributed by atoms with van der Waals surface area (Å²) in [6.07, 6.45) is 6.03. The summed E-state index contributed by atoms with van der Waals surface area (Å²) < 4.78 is 5.62. The highest BCUT2D eigenvalue weighted by molar-refractivity contribution is 5.87. The van der Waals surface area contributed by atoms with Crippen LogP contribution in [0.5, 0.6) is 0 Å². The second kappa shape index (κ2) is 8.14. The summed E-state index contributed by atoms with van der Waals surface area (Å²) in [4.78, 5) is 27.0. The van der Waals surface area contributed by atoms with Crippen molar-refractivity contribution in [1.29, 1.82) is 0 Å². The number of carbonyl (C=O) groups is 2. The molecule has 6 nitrogen and oxygen atoms in total. The highest BCUT2D eigenvalue weighted by Gasteiger charge is 2.36. The van der Waals surface area contributed by atoms with E-state index in [1.54, 1.807) is 18.1 Å². The number of nitrogens with zero attached hydrogens (tertiary/aromatic N) is 2. The fraction of sp³-hybridized carbons (Fsp3) is 0.733. The van der Waals surface area contributed by atoms with Crippen LogP contribution in [0.25, 0.3) is 0 Å². The van der Waals surface area contributed by atoms with E-state index in [1.165, 1.54) is 0 Å². The van der Waals surface area contributed by atoms with Crippen LogP contribution >= 0.6 is 0 Å². The standard InChI is InChI=1S/C15H27N3O3/c1-17(2)10-4-6-14(20)18-11-5-8-15(12-18,21-3)9-7-13(16)19/h4,6H,5,7-12H2,1-3H3,(H2,16,19)/b6-4+/t15-/m0/s1. The van der Waals surface area contributed by atoms with Crippen molar-refractivity contribution in [3.8, 4) is 0 Å². The molecular weight excluding hydrogens is 270 g/mol. The molecule has 6 heteroatoms. The number of likely N-dealkylation sites (N-methyl/N-ethyl adjacent to an activating group) is 1. The summed E-state index contributed by atoms with van der Waals surface area (Å²) in [5.41, 5.74) is 4.77. The van der Waals surface area contributed by atoms with Crippen LogP contribution in [-0.4, -0.2) is 68.1 Å². The van der Waals surface area contributed by atoms with E-state index in [0.717, 1.165) is 25.9 Å². The van der Waals surface area contributed by atoms with E-state index in [2.05, 4.69) is 0 Å². The van der Waals surface area contributed by atoms with Gasteiger partial charge >= 0.3 is 0 Å². The number of primary amides is 1. The Labute approximate surface area is 126 Å². The van der Waals surface area contributed by atoms with Gasteiger partial charge in [0, 0.05) is 39.2 Å². The third-order valence-electron chi connectivity index (χ3n) is 3.84. The first-order valence-corrected chi connectivity index (χ1v) is 7.32. The molecule has 21 heavy (non-hydrogen) atoms. The highest BCUT2D eigenvalue weighted by Crippen LogP contribution is 2.29. The molecule has 1 rings (SSSR count). The van der Waals surface area contributed by atoms with Crippen LogP contribution in [0.4, 0.5) is 0 Å². The van der Waals surface area contributed by atoms with Crippen molar-refractivity contribution in [2.45, 2.75) is 31.3 Å². The molecule has 0 aliphatic carbocycles. The maximum atomic E-state index is 12.2. The Balaban J connectivity index is 2.62. The van der Waals surface area contributed by atoms with Gasteiger partial charge in [0.2, 0.25) is 11.8 Å². The Kier molecular flexibility index (Phi) is 6.84. The van der Waals surface area contributed by atoms with Gasteiger partial charge < -0.3 is 20.3 Å². The minimum Gasteiger partial charge on any atom is -0.376 e. The average Bonchev–Trinajstić information content (AvgIpc) is 2.45. The Morgan fingerprint density at radius 1 is 1.43 bits per heavy atom. The molecule has 1 saturated heterocycles. The molecule has 0 spiro atoms. The molecule has 0 saturated carbocycles. The molecule has 0 radical (unpaired) electrons. The third-order valence-corrected chi connectivity index (χ3v) is 3.84. The van der Waals surface area contributed by atoms with Gasteiger partial charge in [-0.15, -0.1) is 0 Å². The number of carbonyl (C=O) groups excluding carboxylic acids is 2. The molecule has 0 unspecified atom stereocenters. The average molecular weight is 297 g/mol. The lowest BCUT2D eigenvalue weighted by Crippen LogP contribution is -2.51. The molecule has 0 aromatic carbocycles. The van der Waals surface area contributed by atoms with Crippen molar-refractivity contribution in [3.63, 3.8) is 0 Å². The molecule has 1 aliphatic heterocycles. The fourth-order valence-electron chi connectivity index (χ4n) is 2.58. The number of hydrogen-bond acceptors (Lipinski definition) is 4. The van der Waals surface area contributed by atoms with Crippen LogP contribution in [-0.2, 0) is 14.3 Å². The number of likely N-dealkylation sites (tertiary alicyclic amines) is 1. The molecule has 2 N–H and O–H groups in total. The van der Waals surface area contributed by atoms with Crippen molar-refractivity contribution in [1.82, 2.24) is 9.80 Å². The molecule has 0 bridgehead atoms. The van der Waals surface area contributed by atoms with Crippen LogP contribution in [0.1, 0.15) is 25.7 Å². The quantitative estimate of drug-likeness (QED) is 0.689. The number of ether oxygens (including phenoxy) is 1. The van der Waals surface area contributed by atoms with E-state index in [4.69, 9.17) is 10.5 Å². The lowest BCUT2D eigenvalue weighted by Gasteiger charge is -2.41. The minimum atomic E-state index is -0.446. The maximum absolute atomic E-state index is 12.2. The van der Waals surface area contributed by atoms with Crippen molar-refractivity contribution < 1.29 is 14.3 Å². The molecule has 1 heterocycles. The smallest absolute Gasteiger partial charge is 0.246 e. The number of hydrogen-bond donors (Lipinski definition) is 1. The van der Waals surface area contributed by atoms with Gasteiger partial charge in [-0.3, -0.25) is 9.59 Å². The second-order valence-electron chi connectivity index (χ2n) is 5.88. The van der Waals surface area contributed by atoms with Gasteiger partial charge in [0.05, 0.1) is 5.60 Å². The van der Waals surface area contributed by atoms with Crippen molar-refractivity contribution in [2.75, 3.05) is 40.8 Å². The lowest BCUT2D eigenvalue weighted by atomic mass is 9.87. The van der Waals surface area contributed by atoms with Crippen molar-refractivity contribution >= 4 is 11.8 Å². The summed E-state index contributed by atoms with van der Waals surface area (Å²) in [6, 6.07) is 0. The van der Waals surface area contributed by atoms with Crippen LogP contribution < -0.4 is 5.73 Å². The molecule has 0 aromatic rings. The van der Waals surface area contributed by atoms with Crippen LogP contribution in [0.3, 0.4) is 0 Å². The first-order valence-electron chi connectivity index (χ1n) is 7.32. The Bertz CT molecular complexity index is 396. The van der Waals surface area contributed by atoms with Gasteiger partial charge in [-0.05, 0) is 33.4 Å². The monoisotopic (exact) mass is 297 g/mol. The first kappa shape index (κ1) is 17.7. The van der Waals surface area contributed by atoms with Gasteiger partial charge in [0.1, 0.15) is 0 Å². The van der Waals surface area contributed by atoms with E-state index >= 15 is 0 Å². The second-order valence-corrected chi connectivity index (χ2v) is 5.88. The molecule has 1 aliphatic rings. The van der Waals surface area contributed by atoms with E-state index < -0.39 is 5.60 Å². The van der Waals surface area contributed by atoms with Crippen molar-refractivity contribution in [3.05, 3.63) is 12.2 Å². The number of nitrogens with two attached hydrogens (primary N) is 1. The predicted molar refractivity (Wildman–Crippen MR) is 81.7 cm³/mol. The lowest BCUT2D eigenvalue weighted by molar-refractivity contribution is -0.136. The first-order chi connectivity index (χ1) is 9.88. The molecular formula is C15H27N3O3. The number of rotatable bonds is 7. The normalized spacial score (nSPS) is 23.0. The van der Waals surface area contributed by atoms with Gasteiger partial charge in [-0.1, -0.05) is 6.08 Å². The number of amides is 2. The van der Waals surface area contributed by atoms with E-state index in [1.807, 2.05) is 25.1 Å². The molecule has 120 valence electrons. The summed E-state index contributed by atoms with van der Waals surface area (Å²) in [5.74, 6) is -0.335. The fourth-order valence-corrected chi connectivity index (χ4v) is 2.58. The molecule has 1 atom stereocenters. The van der Waals surface area contributed by atoms with E-state index in [0.29, 0.717) is 13.0 Å². The minimum absolute atomic E-state index is 0.00273. The molecule has 2 amide bonds. The Hall–Kier alpha value is -1.40. The predicted octanol–water partition coefficient (Wildman–Crippen LogP) is 0.377. The summed E-state index contributed by atoms with van der Waals surface area (Å²) >= 11 is 0. The summed E-state index contributed by atoms with van der Waals surface area (Å²) in [5, 5.41) is 0. The largest absolute Gasteiger partial charge is 0.376 e. The Morgan fingerprint density at radius 2 is 2.14 bits per heavy atom. The van der Waals surface area contributed by atoms with Gasteiger partial charge in [0.15, 0.2) is 0 Å². The zero-order chi connectivity index (χ0) is 15.9. The summed E-state index contributed by atoms with van der Waals surface area (Å²) in [6.45, 7) is 1.98. The number of methoxy groups -OCH3 is 1. The van der Waals surface area contributed by atoms with Gasteiger partial charge in [-0.25, -0.2) is 0 Å². The third kappa shape index (κ3) is 5.85. The zero-order valence-corrected chi connectivity index (χ0v) is 13.3. The highest BCUT2D eigenvalue weighted by atomic mass is 16.5. The van der Waals surface area contributed by atoms with E-state index in [9.17, 15) is 9.59 Å². The van der Waals surface area contributed by atoms with Crippen LogP contribution in [0.2, 0.25) is 0 Å². The van der Waals surface area contributed by atoms with E-state index in [-0.39, 0.29) is 18.2 Å². The summed E-state index contributed by atoms with van der Waals surface area (Å²) in [7, 11) is 5.54. The van der Waals surface area contributed by atoms with Crippen molar-refractivity contribution in [2.24, 2.45) is 5.73 Å². The zero-order valence-electron chi connectivity index (χ0n) is 13.3. The number of piperidine rings is 1.